The predicted molar refractivity (Wildman–Crippen MR) is 98.3 cm³/mol. The molecule has 0 saturated carbocycles. The molecule has 26 heavy (non-hydrogen) atoms. The van der Waals surface area contributed by atoms with E-state index in [1.165, 1.54) is 18.7 Å². The molecule has 0 amide bonds. The van der Waals surface area contributed by atoms with Crippen molar-refractivity contribution < 1.29 is 28.5 Å². The van der Waals surface area contributed by atoms with Crippen LogP contribution in [0.1, 0.15) is 15.9 Å². The zero-order valence-electron chi connectivity index (χ0n) is 15.0. The molecule has 0 aromatic heterocycles. The topological polar surface area (TPSA) is 63.2 Å². The average Bonchev–Trinajstić information content (AvgIpc) is 2.69. The van der Waals surface area contributed by atoms with Crippen molar-refractivity contribution in [2.45, 2.75) is 5.32 Å². The van der Waals surface area contributed by atoms with Crippen molar-refractivity contribution in [3.05, 3.63) is 53.6 Å². The number of carbonyl (C=O) groups excluding carboxylic acids is 1. The summed E-state index contributed by atoms with van der Waals surface area (Å²) in [5, 5.41) is 0.689. The molecule has 0 unspecified atom stereocenters. The molecule has 0 aliphatic rings. The minimum absolute atomic E-state index is 0.0149. The Kier molecular flexibility index (Phi) is 8.44. The van der Waals surface area contributed by atoms with Gasteiger partial charge in [0, 0.05) is 0 Å². The van der Waals surface area contributed by atoms with Crippen LogP contribution in [0.15, 0.2) is 42.5 Å². The van der Waals surface area contributed by atoms with E-state index >= 15 is 0 Å². The molecule has 2 aromatic carbocycles. The molecule has 0 aliphatic heterocycles. The number of methoxy groups -OCH3 is 3. The molecule has 0 spiro atoms. The fraction of sp³-hybridized carbons (Fsp3) is 0.316. The van der Waals surface area contributed by atoms with E-state index in [0.717, 1.165) is 5.56 Å². The van der Waals surface area contributed by atoms with Crippen molar-refractivity contribution in [1.29, 1.82) is 0 Å². The zero-order valence-corrected chi connectivity index (χ0v) is 16.7. The van der Waals surface area contributed by atoms with Gasteiger partial charge in [-0.05, 0) is 0 Å². The first-order valence-electron chi connectivity index (χ1n) is 7.86. The van der Waals surface area contributed by atoms with Crippen LogP contribution in [0.3, 0.4) is 0 Å². The van der Waals surface area contributed by atoms with Gasteiger partial charge in [-0.1, -0.05) is 0 Å². The molecule has 0 bridgehead atoms. The third-order valence-corrected chi connectivity index (χ3v) is 5.59. The minimum atomic E-state index is -0.451. The van der Waals surface area contributed by atoms with Crippen LogP contribution in [0.25, 0.3) is 0 Å². The molecular formula is C19H22O6Se. The SMILES string of the molecule is COCOc1cc(C[Se]c2ccccc2)c(C(=O)OC)c(OCOC)c1. The van der Waals surface area contributed by atoms with Crippen LogP contribution in [-0.2, 0) is 19.5 Å². The molecule has 0 fully saturated rings. The Morgan fingerprint density at radius 1 is 0.962 bits per heavy atom. The molecule has 0 saturated heterocycles. The number of benzene rings is 2. The van der Waals surface area contributed by atoms with Crippen molar-refractivity contribution in [1.82, 2.24) is 0 Å². The van der Waals surface area contributed by atoms with E-state index in [0.29, 0.717) is 22.4 Å². The van der Waals surface area contributed by atoms with Gasteiger partial charge in [0.15, 0.2) is 0 Å². The quantitative estimate of drug-likeness (QED) is 0.330. The van der Waals surface area contributed by atoms with Crippen molar-refractivity contribution in [2.75, 3.05) is 34.9 Å². The van der Waals surface area contributed by atoms with Crippen LogP contribution in [0.2, 0.25) is 0 Å². The summed E-state index contributed by atoms with van der Waals surface area (Å²) < 4.78 is 27.2. The van der Waals surface area contributed by atoms with E-state index in [9.17, 15) is 4.79 Å². The summed E-state index contributed by atoms with van der Waals surface area (Å²) in [6.45, 7) is 0.117. The van der Waals surface area contributed by atoms with Crippen molar-refractivity contribution in [2.24, 2.45) is 0 Å². The predicted octanol–water partition coefficient (Wildman–Crippen LogP) is 1.97. The summed E-state index contributed by atoms with van der Waals surface area (Å²) in [4.78, 5) is 12.4. The van der Waals surface area contributed by atoms with Crippen molar-refractivity contribution in [3.8, 4) is 11.5 Å². The molecule has 0 aliphatic carbocycles. The van der Waals surface area contributed by atoms with Crippen molar-refractivity contribution >= 4 is 25.4 Å². The van der Waals surface area contributed by atoms with E-state index in [1.54, 1.807) is 13.2 Å². The van der Waals surface area contributed by atoms with Gasteiger partial charge in [0.1, 0.15) is 0 Å². The van der Waals surface area contributed by atoms with Crippen LogP contribution in [0.5, 0.6) is 11.5 Å². The molecule has 2 rings (SSSR count). The number of hydrogen-bond acceptors (Lipinski definition) is 6. The Balaban J connectivity index is 2.37. The monoisotopic (exact) mass is 426 g/mol. The summed E-state index contributed by atoms with van der Waals surface area (Å²) in [6, 6.07) is 13.6. The number of rotatable bonds is 10. The van der Waals surface area contributed by atoms with Gasteiger partial charge in [0.25, 0.3) is 0 Å². The number of carbonyl (C=O) groups is 1. The second-order valence-corrected chi connectivity index (χ2v) is 7.35. The van der Waals surface area contributed by atoms with Gasteiger partial charge < -0.3 is 0 Å². The molecular weight excluding hydrogens is 403 g/mol. The third-order valence-electron chi connectivity index (χ3n) is 3.36. The van der Waals surface area contributed by atoms with Gasteiger partial charge in [0.2, 0.25) is 0 Å². The van der Waals surface area contributed by atoms with E-state index < -0.39 is 5.97 Å². The standard InChI is InChI=1S/C19H22O6Se/c1-21-12-24-15-9-14(11-26-16-7-5-4-6-8-16)18(19(20)23-3)17(10-15)25-13-22-2/h4-10H,11-13H2,1-3H3. The number of ether oxygens (including phenoxy) is 5. The maximum absolute atomic E-state index is 12.4. The fourth-order valence-electron chi connectivity index (χ4n) is 2.22. The Morgan fingerprint density at radius 3 is 2.31 bits per heavy atom. The van der Waals surface area contributed by atoms with Crippen LogP contribution < -0.4 is 13.9 Å². The molecule has 0 atom stereocenters. The zero-order chi connectivity index (χ0) is 18.8. The Hall–Kier alpha value is -2.05. The van der Waals surface area contributed by atoms with E-state index in [2.05, 4.69) is 12.1 Å². The van der Waals surface area contributed by atoms with E-state index in [1.807, 2.05) is 24.3 Å². The molecule has 140 valence electrons. The van der Waals surface area contributed by atoms with Crippen LogP contribution in [0.4, 0.5) is 0 Å². The van der Waals surface area contributed by atoms with E-state index in [-0.39, 0.29) is 28.5 Å². The Morgan fingerprint density at radius 2 is 1.65 bits per heavy atom. The second kappa shape index (κ2) is 10.8. The average molecular weight is 425 g/mol. The number of hydrogen-bond donors (Lipinski definition) is 0. The molecule has 0 N–H and O–H groups in total. The first-order chi connectivity index (χ1) is 12.7. The molecule has 6 nitrogen and oxygen atoms in total. The summed E-state index contributed by atoms with van der Waals surface area (Å²) in [6.07, 6.45) is 0. The Bertz CT molecular complexity index is 705. The fourth-order valence-corrected chi connectivity index (χ4v) is 4.10. The van der Waals surface area contributed by atoms with Gasteiger partial charge >= 0.3 is 159 Å². The van der Waals surface area contributed by atoms with Gasteiger partial charge in [0.05, 0.1) is 0 Å². The first kappa shape index (κ1) is 20.3. The third kappa shape index (κ3) is 5.74. The molecule has 0 radical (unpaired) electrons. The second-order valence-electron chi connectivity index (χ2n) is 5.15. The Labute approximate surface area is 159 Å². The normalized spacial score (nSPS) is 10.4. The summed E-state index contributed by atoms with van der Waals surface area (Å²) in [5.74, 6) is 0.476. The summed E-state index contributed by atoms with van der Waals surface area (Å²) in [7, 11) is 4.41. The molecule has 2 aromatic rings. The maximum atomic E-state index is 12.4. The number of esters is 1. The van der Waals surface area contributed by atoms with Crippen LogP contribution in [-0.4, -0.2) is 55.8 Å². The van der Waals surface area contributed by atoms with Gasteiger partial charge in [-0.25, -0.2) is 0 Å². The van der Waals surface area contributed by atoms with Crippen LogP contribution in [0, 0.1) is 0 Å². The van der Waals surface area contributed by atoms with Gasteiger partial charge in [-0.2, -0.15) is 0 Å². The van der Waals surface area contributed by atoms with E-state index in [4.69, 9.17) is 23.7 Å². The first-order valence-corrected chi connectivity index (χ1v) is 9.93. The van der Waals surface area contributed by atoms with Gasteiger partial charge in [-0.3, -0.25) is 0 Å². The molecule has 0 heterocycles. The van der Waals surface area contributed by atoms with Gasteiger partial charge in [-0.15, -0.1) is 0 Å². The van der Waals surface area contributed by atoms with Crippen LogP contribution >= 0.6 is 0 Å². The summed E-state index contributed by atoms with van der Waals surface area (Å²) >= 11 is 0.141. The molecule has 7 heteroatoms. The summed E-state index contributed by atoms with van der Waals surface area (Å²) in [5.41, 5.74) is 1.20. The van der Waals surface area contributed by atoms with Crippen molar-refractivity contribution in [3.63, 3.8) is 0 Å².